The number of nitrogens with one attached hydrogen (secondary N) is 1. The van der Waals surface area contributed by atoms with Gasteiger partial charge in [-0.15, -0.1) is 11.3 Å². The minimum absolute atomic E-state index is 0.151. The number of thiazole rings is 1. The van der Waals surface area contributed by atoms with Crippen molar-refractivity contribution in [2.75, 3.05) is 6.61 Å². The van der Waals surface area contributed by atoms with Gasteiger partial charge in [-0.3, -0.25) is 0 Å². The van der Waals surface area contributed by atoms with Crippen molar-refractivity contribution in [3.8, 4) is 0 Å². The highest BCUT2D eigenvalue weighted by Crippen LogP contribution is 2.38. The molecule has 0 radical (unpaired) electrons. The van der Waals surface area contributed by atoms with Crippen molar-refractivity contribution in [1.29, 1.82) is 0 Å². The highest BCUT2D eigenvalue weighted by atomic mass is 32.1. The molecular weight excluding hydrogens is 268 g/mol. The fraction of sp³-hybridized carbons (Fsp3) is 0.812. The molecule has 0 amide bonds. The summed E-state index contributed by atoms with van der Waals surface area (Å²) in [5.74, 6) is 0. The Morgan fingerprint density at radius 2 is 2.20 bits per heavy atom. The monoisotopic (exact) mass is 296 g/mol. The van der Waals surface area contributed by atoms with Crippen molar-refractivity contribution >= 4 is 11.3 Å². The summed E-state index contributed by atoms with van der Waals surface area (Å²) in [5.41, 5.74) is 1.12. The Kier molecular flexibility index (Phi) is 5.58. The van der Waals surface area contributed by atoms with Gasteiger partial charge in [0, 0.05) is 24.1 Å². The second-order valence-corrected chi connectivity index (χ2v) is 7.29. The Bertz CT molecular complexity index is 422. The van der Waals surface area contributed by atoms with E-state index in [1.54, 1.807) is 0 Å². The molecule has 114 valence electrons. The summed E-state index contributed by atoms with van der Waals surface area (Å²) in [6, 6.07) is 0.511. The summed E-state index contributed by atoms with van der Waals surface area (Å²) in [4.78, 5) is 6.32. The maximum Gasteiger partial charge on any atom is 0.125 e. The normalized spacial score (nSPS) is 23.4. The molecule has 0 saturated carbocycles. The van der Waals surface area contributed by atoms with Crippen molar-refractivity contribution in [2.24, 2.45) is 0 Å². The van der Waals surface area contributed by atoms with E-state index >= 15 is 0 Å². The quantitative estimate of drug-likeness (QED) is 0.861. The molecule has 1 fully saturated rings. The number of nitrogens with zero attached hydrogens (tertiary/aromatic N) is 1. The highest BCUT2D eigenvalue weighted by molar-refractivity contribution is 7.11. The molecule has 4 heteroatoms. The van der Waals surface area contributed by atoms with Gasteiger partial charge in [-0.2, -0.15) is 0 Å². The molecular formula is C16H28N2OS. The van der Waals surface area contributed by atoms with Gasteiger partial charge in [0.2, 0.25) is 0 Å². The van der Waals surface area contributed by atoms with Crippen molar-refractivity contribution in [1.82, 2.24) is 10.3 Å². The Balaban J connectivity index is 2.18. The van der Waals surface area contributed by atoms with E-state index in [9.17, 15) is 0 Å². The summed E-state index contributed by atoms with van der Waals surface area (Å²) in [6.07, 6.45) is 5.75. The second-order valence-electron chi connectivity index (χ2n) is 6.21. The Hall–Kier alpha value is -0.450. The molecule has 20 heavy (non-hydrogen) atoms. The van der Waals surface area contributed by atoms with E-state index in [0.29, 0.717) is 6.04 Å². The maximum absolute atomic E-state index is 6.05. The fourth-order valence-corrected chi connectivity index (χ4v) is 3.77. The van der Waals surface area contributed by atoms with Gasteiger partial charge in [0.05, 0.1) is 5.69 Å². The van der Waals surface area contributed by atoms with E-state index in [-0.39, 0.29) is 5.60 Å². The minimum Gasteiger partial charge on any atom is -0.368 e. The minimum atomic E-state index is -0.151. The number of rotatable bonds is 6. The third-order valence-corrected chi connectivity index (χ3v) is 5.20. The van der Waals surface area contributed by atoms with Crippen LogP contribution >= 0.6 is 11.3 Å². The van der Waals surface area contributed by atoms with Gasteiger partial charge in [-0.05, 0) is 32.6 Å². The summed E-state index contributed by atoms with van der Waals surface area (Å²) >= 11 is 1.85. The zero-order valence-corrected chi connectivity index (χ0v) is 14.1. The van der Waals surface area contributed by atoms with E-state index in [1.165, 1.54) is 28.4 Å². The van der Waals surface area contributed by atoms with Crippen LogP contribution in [0.1, 0.15) is 69.0 Å². The summed E-state index contributed by atoms with van der Waals surface area (Å²) in [5, 5.41) is 4.70. The number of aromatic nitrogens is 1. The predicted octanol–water partition coefficient (Wildman–Crippen LogP) is 4.01. The summed E-state index contributed by atoms with van der Waals surface area (Å²) in [6.45, 7) is 10.6. The van der Waals surface area contributed by atoms with Crippen LogP contribution in [0, 0.1) is 0 Å². The predicted molar refractivity (Wildman–Crippen MR) is 85.2 cm³/mol. The first-order valence-corrected chi connectivity index (χ1v) is 8.73. The average Bonchev–Trinajstić information content (AvgIpc) is 2.82. The van der Waals surface area contributed by atoms with Gasteiger partial charge in [0.1, 0.15) is 10.6 Å². The molecule has 2 rings (SSSR count). The number of hydrogen-bond donors (Lipinski definition) is 1. The standard InChI is InChI=1S/C16H28N2OS/c1-5-8-13-14(11-17-12(2)3)20-15(18-13)16(4)9-6-7-10-19-16/h12,17H,5-11H2,1-4H3. The van der Waals surface area contributed by atoms with E-state index in [1.807, 2.05) is 11.3 Å². The number of aryl methyl sites for hydroxylation is 1. The van der Waals surface area contributed by atoms with Gasteiger partial charge >= 0.3 is 0 Å². The largest absolute Gasteiger partial charge is 0.368 e. The second kappa shape index (κ2) is 7.01. The smallest absolute Gasteiger partial charge is 0.125 e. The van der Waals surface area contributed by atoms with Crippen LogP contribution in [0.25, 0.3) is 0 Å². The Labute approximate surface area is 127 Å². The Morgan fingerprint density at radius 1 is 1.40 bits per heavy atom. The van der Waals surface area contributed by atoms with Crippen LogP contribution in [-0.4, -0.2) is 17.6 Å². The van der Waals surface area contributed by atoms with Crippen molar-refractivity contribution in [2.45, 2.75) is 78.0 Å². The van der Waals surface area contributed by atoms with Gasteiger partial charge in [-0.25, -0.2) is 4.98 Å². The lowest BCUT2D eigenvalue weighted by molar-refractivity contribution is -0.0702. The summed E-state index contributed by atoms with van der Waals surface area (Å²) < 4.78 is 6.05. The van der Waals surface area contributed by atoms with Crippen LogP contribution in [-0.2, 0) is 23.3 Å². The molecule has 1 atom stereocenters. The molecule has 1 N–H and O–H groups in total. The lowest BCUT2D eigenvalue weighted by Crippen LogP contribution is -2.30. The van der Waals surface area contributed by atoms with Crippen LogP contribution in [0.4, 0.5) is 0 Å². The lowest BCUT2D eigenvalue weighted by atomic mass is 9.97. The van der Waals surface area contributed by atoms with Crippen LogP contribution in [0.2, 0.25) is 0 Å². The molecule has 1 aromatic heterocycles. The van der Waals surface area contributed by atoms with Crippen LogP contribution in [0.5, 0.6) is 0 Å². The molecule has 1 saturated heterocycles. The first kappa shape index (κ1) is 15.9. The molecule has 0 spiro atoms. The molecule has 3 nitrogen and oxygen atoms in total. The summed E-state index contributed by atoms with van der Waals surface area (Å²) in [7, 11) is 0. The molecule has 1 aliphatic heterocycles. The highest BCUT2D eigenvalue weighted by Gasteiger charge is 2.33. The molecule has 0 aliphatic carbocycles. The van der Waals surface area contributed by atoms with E-state index < -0.39 is 0 Å². The SMILES string of the molecule is CCCc1nc(C2(C)CCCCO2)sc1CNC(C)C. The molecule has 0 aromatic carbocycles. The van der Waals surface area contributed by atoms with Crippen LogP contribution < -0.4 is 5.32 Å². The topological polar surface area (TPSA) is 34.1 Å². The zero-order valence-electron chi connectivity index (χ0n) is 13.3. The van der Waals surface area contributed by atoms with Gasteiger partial charge in [0.15, 0.2) is 0 Å². The molecule has 2 heterocycles. The van der Waals surface area contributed by atoms with Gasteiger partial charge in [0.25, 0.3) is 0 Å². The third kappa shape index (κ3) is 3.80. The number of hydrogen-bond acceptors (Lipinski definition) is 4. The lowest BCUT2D eigenvalue weighted by Gasteiger charge is -2.31. The molecule has 0 bridgehead atoms. The van der Waals surface area contributed by atoms with Gasteiger partial charge < -0.3 is 10.1 Å². The zero-order chi connectivity index (χ0) is 14.6. The first-order valence-electron chi connectivity index (χ1n) is 7.91. The molecule has 1 unspecified atom stereocenters. The van der Waals surface area contributed by atoms with Crippen molar-refractivity contribution in [3.63, 3.8) is 0 Å². The fourth-order valence-electron chi connectivity index (χ4n) is 2.58. The van der Waals surface area contributed by atoms with Crippen LogP contribution in [0.3, 0.4) is 0 Å². The molecule has 1 aliphatic rings. The third-order valence-electron chi connectivity index (χ3n) is 3.86. The molecule has 1 aromatic rings. The number of ether oxygens (including phenoxy) is 1. The van der Waals surface area contributed by atoms with Gasteiger partial charge in [-0.1, -0.05) is 27.2 Å². The average molecular weight is 296 g/mol. The van der Waals surface area contributed by atoms with E-state index in [4.69, 9.17) is 9.72 Å². The van der Waals surface area contributed by atoms with E-state index in [0.717, 1.165) is 32.4 Å². The maximum atomic E-state index is 6.05. The first-order chi connectivity index (χ1) is 9.55. The van der Waals surface area contributed by atoms with Crippen molar-refractivity contribution < 1.29 is 4.74 Å². The van der Waals surface area contributed by atoms with Crippen molar-refractivity contribution in [3.05, 3.63) is 15.6 Å². The van der Waals surface area contributed by atoms with E-state index in [2.05, 4.69) is 33.0 Å². The Morgan fingerprint density at radius 3 is 2.80 bits per heavy atom. The van der Waals surface area contributed by atoms with Crippen LogP contribution in [0.15, 0.2) is 0 Å².